The molecule has 0 aliphatic rings. The van der Waals surface area contributed by atoms with Gasteiger partial charge < -0.3 is 10.0 Å². The van der Waals surface area contributed by atoms with Gasteiger partial charge in [-0.3, -0.25) is 0 Å². The van der Waals surface area contributed by atoms with Crippen LogP contribution in [0.3, 0.4) is 0 Å². The number of nitrogens with one attached hydrogen (secondary N) is 1. The number of rotatable bonds is 6. The molecule has 0 amide bonds. The molecule has 0 saturated carbocycles. The molecule has 0 bridgehead atoms. The number of hydrogen-bond acceptors (Lipinski definition) is 4. The second-order valence-electron chi connectivity index (χ2n) is 5.76. The molecule has 1 unspecified atom stereocenters. The Morgan fingerprint density at radius 2 is 1.79 bits per heavy atom. The largest absolute Gasteiger partial charge is 0.387 e. The van der Waals surface area contributed by atoms with Gasteiger partial charge in [-0.15, -0.1) is 0 Å². The van der Waals surface area contributed by atoms with E-state index in [4.69, 9.17) is 11.6 Å². The van der Waals surface area contributed by atoms with Crippen molar-refractivity contribution in [1.82, 2.24) is 4.72 Å². The molecule has 24 heavy (non-hydrogen) atoms. The van der Waals surface area contributed by atoms with E-state index in [1.165, 1.54) is 12.1 Å². The third-order valence-electron chi connectivity index (χ3n) is 3.71. The first-order chi connectivity index (χ1) is 11.2. The number of aliphatic hydroxyl groups excluding tert-OH is 1. The Morgan fingerprint density at radius 3 is 2.33 bits per heavy atom. The highest BCUT2D eigenvalue weighted by molar-refractivity contribution is 7.89. The smallest absolute Gasteiger partial charge is 0.240 e. The Hall–Kier alpha value is -1.60. The van der Waals surface area contributed by atoms with Gasteiger partial charge >= 0.3 is 0 Å². The van der Waals surface area contributed by atoms with Crippen molar-refractivity contribution in [2.24, 2.45) is 0 Å². The van der Waals surface area contributed by atoms with E-state index in [1.54, 1.807) is 25.1 Å². The predicted molar refractivity (Wildman–Crippen MR) is 97.1 cm³/mol. The Balaban J connectivity index is 2.06. The number of anilines is 1. The van der Waals surface area contributed by atoms with Gasteiger partial charge in [0.05, 0.1) is 11.0 Å². The number of aliphatic hydroxyl groups is 1. The second-order valence-corrected chi connectivity index (χ2v) is 7.94. The molecule has 0 aromatic heterocycles. The van der Waals surface area contributed by atoms with E-state index in [0.717, 1.165) is 11.3 Å². The van der Waals surface area contributed by atoms with Gasteiger partial charge in [0.25, 0.3) is 0 Å². The standard InChI is InChI=1S/C17H21ClN2O3S/c1-12-4-9-15(10-16(12)18)24(22,23)19-11-17(21)13-5-7-14(8-6-13)20(2)3/h4-10,17,19,21H,11H2,1-3H3. The highest BCUT2D eigenvalue weighted by atomic mass is 35.5. The van der Waals surface area contributed by atoms with Crippen molar-refractivity contribution in [3.63, 3.8) is 0 Å². The summed E-state index contributed by atoms with van der Waals surface area (Å²) >= 11 is 5.97. The number of halogens is 1. The molecule has 5 nitrogen and oxygen atoms in total. The summed E-state index contributed by atoms with van der Waals surface area (Å²) in [5.74, 6) is 0. The van der Waals surface area contributed by atoms with Crippen LogP contribution < -0.4 is 9.62 Å². The molecule has 0 radical (unpaired) electrons. The minimum atomic E-state index is -3.73. The molecule has 0 heterocycles. The SMILES string of the molecule is Cc1ccc(S(=O)(=O)NCC(O)c2ccc(N(C)C)cc2)cc1Cl. The zero-order valence-corrected chi connectivity index (χ0v) is 15.4. The van der Waals surface area contributed by atoms with Crippen molar-refractivity contribution in [1.29, 1.82) is 0 Å². The van der Waals surface area contributed by atoms with E-state index in [0.29, 0.717) is 10.6 Å². The minimum Gasteiger partial charge on any atom is -0.387 e. The summed E-state index contributed by atoms with van der Waals surface area (Å²) in [6.45, 7) is 1.68. The van der Waals surface area contributed by atoms with Crippen LogP contribution in [0, 0.1) is 6.92 Å². The van der Waals surface area contributed by atoms with Crippen molar-refractivity contribution in [2.75, 3.05) is 25.5 Å². The van der Waals surface area contributed by atoms with E-state index in [9.17, 15) is 13.5 Å². The van der Waals surface area contributed by atoms with Crippen molar-refractivity contribution in [3.8, 4) is 0 Å². The lowest BCUT2D eigenvalue weighted by Crippen LogP contribution is -2.28. The number of nitrogens with zero attached hydrogens (tertiary/aromatic N) is 1. The molecule has 2 aromatic carbocycles. The molecule has 2 aromatic rings. The molecule has 130 valence electrons. The average molecular weight is 369 g/mol. The summed E-state index contributed by atoms with van der Waals surface area (Å²) in [6, 6.07) is 11.8. The van der Waals surface area contributed by atoms with Gasteiger partial charge in [0.2, 0.25) is 10.0 Å². The highest BCUT2D eigenvalue weighted by Crippen LogP contribution is 2.21. The van der Waals surface area contributed by atoms with E-state index in [1.807, 2.05) is 31.1 Å². The Labute approximate surface area is 147 Å². The summed E-state index contributed by atoms with van der Waals surface area (Å²) in [7, 11) is 0.119. The summed E-state index contributed by atoms with van der Waals surface area (Å²) < 4.78 is 27.0. The second kappa shape index (κ2) is 7.53. The van der Waals surface area contributed by atoms with Crippen LogP contribution in [-0.2, 0) is 10.0 Å². The third-order valence-corrected chi connectivity index (χ3v) is 5.54. The highest BCUT2D eigenvalue weighted by Gasteiger charge is 2.17. The lowest BCUT2D eigenvalue weighted by Gasteiger charge is -2.16. The maximum Gasteiger partial charge on any atom is 0.240 e. The van der Waals surface area contributed by atoms with Crippen LogP contribution in [-0.4, -0.2) is 34.2 Å². The van der Waals surface area contributed by atoms with Crippen molar-refractivity contribution in [3.05, 3.63) is 58.6 Å². The molecular formula is C17H21ClN2O3S. The van der Waals surface area contributed by atoms with Crippen molar-refractivity contribution < 1.29 is 13.5 Å². The number of hydrogen-bond donors (Lipinski definition) is 2. The first-order valence-electron chi connectivity index (χ1n) is 7.42. The number of sulfonamides is 1. The molecule has 0 aliphatic heterocycles. The first-order valence-corrected chi connectivity index (χ1v) is 9.28. The average Bonchev–Trinajstić information content (AvgIpc) is 2.55. The van der Waals surface area contributed by atoms with Crippen LogP contribution in [0.25, 0.3) is 0 Å². The Kier molecular flexibility index (Phi) is 5.87. The van der Waals surface area contributed by atoms with Gasteiger partial charge in [0.15, 0.2) is 0 Å². The molecule has 1 atom stereocenters. The summed E-state index contributed by atoms with van der Waals surface area (Å²) in [5, 5.41) is 10.6. The van der Waals surface area contributed by atoms with Crippen LogP contribution in [0.15, 0.2) is 47.4 Å². The topological polar surface area (TPSA) is 69.6 Å². The maximum atomic E-state index is 12.3. The van der Waals surface area contributed by atoms with Crippen molar-refractivity contribution in [2.45, 2.75) is 17.9 Å². The minimum absolute atomic E-state index is 0.0771. The lowest BCUT2D eigenvalue weighted by atomic mass is 10.1. The fourth-order valence-electron chi connectivity index (χ4n) is 2.13. The monoisotopic (exact) mass is 368 g/mol. The van der Waals surface area contributed by atoms with Crippen LogP contribution in [0.5, 0.6) is 0 Å². The van der Waals surface area contributed by atoms with E-state index in [-0.39, 0.29) is 11.4 Å². The first kappa shape index (κ1) is 18.7. The summed E-state index contributed by atoms with van der Waals surface area (Å²) in [6.07, 6.45) is -0.933. The summed E-state index contributed by atoms with van der Waals surface area (Å²) in [5.41, 5.74) is 2.45. The number of benzene rings is 2. The molecule has 7 heteroatoms. The number of aryl methyl sites for hydroxylation is 1. The fraction of sp³-hybridized carbons (Fsp3) is 0.294. The molecule has 0 spiro atoms. The zero-order chi connectivity index (χ0) is 17.9. The van der Waals surface area contributed by atoms with Gasteiger partial charge in [0, 0.05) is 31.4 Å². The maximum absolute atomic E-state index is 12.3. The van der Waals surface area contributed by atoms with Crippen molar-refractivity contribution >= 4 is 27.3 Å². The van der Waals surface area contributed by atoms with Crippen LogP contribution in [0.1, 0.15) is 17.2 Å². The predicted octanol–water partition coefficient (Wildman–Crippen LogP) is 2.73. The van der Waals surface area contributed by atoms with Gasteiger partial charge in [-0.05, 0) is 42.3 Å². The van der Waals surface area contributed by atoms with Gasteiger partial charge in [-0.25, -0.2) is 13.1 Å². The van der Waals surface area contributed by atoms with Crippen LogP contribution >= 0.6 is 11.6 Å². The van der Waals surface area contributed by atoms with E-state index in [2.05, 4.69) is 4.72 Å². The molecule has 2 rings (SSSR count). The molecular weight excluding hydrogens is 348 g/mol. The van der Waals surface area contributed by atoms with Gasteiger partial charge in [-0.2, -0.15) is 0 Å². The quantitative estimate of drug-likeness (QED) is 0.822. The van der Waals surface area contributed by atoms with Crippen LogP contribution in [0.2, 0.25) is 5.02 Å². The molecule has 0 saturated heterocycles. The van der Waals surface area contributed by atoms with E-state index < -0.39 is 16.1 Å². The molecule has 0 aliphatic carbocycles. The summed E-state index contributed by atoms with van der Waals surface area (Å²) in [4.78, 5) is 2.02. The molecule has 0 fully saturated rings. The Bertz CT molecular complexity index is 805. The Morgan fingerprint density at radius 1 is 1.17 bits per heavy atom. The fourth-order valence-corrected chi connectivity index (χ4v) is 3.43. The zero-order valence-electron chi connectivity index (χ0n) is 13.8. The third kappa shape index (κ3) is 4.48. The van der Waals surface area contributed by atoms with Gasteiger partial charge in [-0.1, -0.05) is 29.8 Å². The van der Waals surface area contributed by atoms with E-state index >= 15 is 0 Å². The van der Waals surface area contributed by atoms with Crippen LogP contribution in [0.4, 0.5) is 5.69 Å². The lowest BCUT2D eigenvalue weighted by molar-refractivity contribution is 0.182. The molecule has 2 N–H and O–H groups in total. The van der Waals surface area contributed by atoms with Gasteiger partial charge in [0.1, 0.15) is 0 Å². The normalized spacial score (nSPS) is 12.9.